The first-order valence-electron chi connectivity index (χ1n) is 5.68. The molecule has 0 aromatic rings. The second-order valence-corrected chi connectivity index (χ2v) is 7.15. The average Bonchev–Trinajstić information content (AvgIpc) is 2.60. The molecule has 1 aliphatic rings. The fourth-order valence-electron chi connectivity index (χ4n) is 2.16. The zero-order valence-corrected chi connectivity index (χ0v) is 11.2. The van der Waals surface area contributed by atoms with Gasteiger partial charge in [-0.25, -0.2) is 8.42 Å². The summed E-state index contributed by atoms with van der Waals surface area (Å²) in [5.74, 6) is -1.99. The minimum absolute atomic E-state index is 0.00950. The van der Waals surface area contributed by atoms with Gasteiger partial charge in [-0.2, -0.15) is 13.2 Å². The molecule has 5 nitrogen and oxygen atoms in total. The van der Waals surface area contributed by atoms with Gasteiger partial charge >= 0.3 is 12.1 Å². The van der Waals surface area contributed by atoms with Crippen molar-refractivity contribution >= 4 is 15.8 Å². The van der Waals surface area contributed by atoms with Crippen LogP contribution in [0.3, 0.4) is 0 Å². The number of nitrogens with zero attached hydrogens (tertiary/aromatic N) is 1. The lowest BCUT2D eigenvalue weighted by Gasteiger charge is -2.27. The smallest absolute Gasteiger partial charge is 0.406 e. The van der Waals surface area contributed by atoms with E-state index < -0.39 is 40.4 Å². The van der Waals surface area contributed by atoms with Gasteiger partial charge in [0.25, 0.3) is 0 Å². The van der Waals surface area contributed by atoms with Crippen LogP contribution in [-0.4, -0.2) is 62.2 Å². The summed E-state index contributed by atoms with van der Waals surface area (Å²) in [5.41, 5.74) is -2.72. The molecule has 0 amide bonds. The van der Waals surface area contributed by atoms with E-state index in [4.69, 9.17) is 5.11 Å². The summed E-state index contributed by atoms with van der Waals surface area (Å²) in [6.45, 7) is -0.455. The van der Waals surface area contributed by atoms with Crippen molar-refractivity contribution in [1.82, 2.24) is 4.90 Å². The number of carbonyl (C=O) groups is 1. The summed E-state index contributed by atoms with van der Waals surface area (Å²) in [6.07, 6.45) is -4.05. The van der Waals surface area contributed by atoms with Crippen molar-refractivity contribution < 1.29 is 31.5 Å². The van der Waals surface area contributed by atoms with Gasteiger partial charge in [0.15, 0.2) is 5.41 Å². The molecule has 0 saturated carbocycles. The largest absolute Gasteiger partial charge is 0.481 e. The van der Waals surface area contributed by atoms with E-state index >= 15 is 0 Å². The quantitative estimate of drug-likeness (QED) is 0.811. The maximum absolute atomic E-state index is 12.8. The molecule has 0 bridgehead atoms. The normalized spacial score (nSPS) is 25.7. The number of aliphatic carboxylic acids is 1. The van der Waals surface area contributed by atoms with E-state index in [-0.39, 0.29) is 25.3 Å². The third-order valence-corrected chi connectivity index (χ3v) is 4.32. The predicted octanol–water partition coefficient (Wildman–Crippen LogP) is 0.760. The molecule has 0 aromatic heterocycles. The minimum Gasteiger partial charge on any atom is -0.481 e. The zero-order chi connectivity index (χ0) is 14.9. The first-order valence-corrected chi connectivity index (χ1v) is 7.74. The molecular formula is C10H16F3NO4S. The van der Waals surface area contributed by atoms with Gasteiger partial charge in [0.2, 0.25) is 0 Å². The summed E-state index contributed by atoms with van der Waals surface area (Å²) >= 11 is 0. The number of carboxylic acid groups (broad SMARTS) is 1. The van der Waals surface area contributed by atoms with E-state index in [0.29, 0.717) is 0 Å². The molecule has 1 aliphatic heterocycles. The highest BCUT2D eigenvalue weighted by atomic mass is 32.2. The molecule has 1 heterocycles. The highest BCUT2D eigenvalue weighted by Gasteiger charge is 2.63. The fourth-order valence-corrected chi connectivity index (χ4v) is 2.81. The van der Waals surface area contributed by atoms with Gasteiger partial charge in [-0.15, -0.1) is 0 Å². The molecule has 1 atom stereocenters. The number of carboxylic acids is 1. The Labute approximate surface area is 109 Å². The van der Waals surface area contributed by atoms with Crippen LogP contribution in [0.2, 0.25) is 0 Å². The van der Waals surface area contributed by atoms with Crippen molar-refractivity contribution in [2.45, 2.75) is 19.0 Å². The first-order chi connectivity index (χ1) is 8.48. The summed E-state index contributed by atoms with van der Waals surface area (Å²) in [4.78, 5) is 12.3. The second kappa shape index (κ2) is 5.28. The number of hydrogen-bond donors (Lipinski definition) is 1. The molecular weight excluding hydrogens is 287 g/mol. The van der Waals surface area contributed by atoms with Gasteiger partial charge in [-0.1, -0.05) is 0 Å². The minimum atomic E-state index is -4.80. The molecule has 1 N–H and O–H groups in total. The molecule has 9 heteroatoms. The van der Waals surface area contributed by atoms with Gasteiger partial charge in [0.1, 0.15) is 9.84 Å². The third kappa shape index (κ3) is 3.82. The summed E-state index contributed by atoms with van der Waals surface area (Å²) < 4.78 is 60.4. The van der Waals surface area contributed by atoms with Crippen LogP contribution in [0.15, 0.2) is 0 Å². The number of rotatable bonds is 5. The Kier molecular flexibility index (Phi) is 4.51. The Balaban J connectivity index is 2.63. The number of likely N-dealkylation sites (tertiary alicyclic amines) is 1. The van der Waals surface area contributed by atoms with E-state index in [2.05, 4.69) is 0 Å². The summed E-state index contributed by atoms with van der Waals surface area (Å²) in [7, 11) is -3.15. The second-order valence-electron chi connectivity index (χ2n) is 4.89. The number of halogens is 3. The molecule has 1 saturated heterocycles. The van der Waals surface area contributed by atoms with Crippen LogP contribution >= 0.6 is 0 Å². The Morgan fingerprint density at radius 1 is 1.42 bits per heavy atom. The maximum Gasteiger partial charge on any atom is 0.406 e. The third-order valence-electron chi connectivity index (χ3n) is 3.29. The van der Waals surface area contributed by atoms with Crippen LogP contribution in [0.1, 0.15) is 12.8 Å². The molecule has 19 heavy (non-hydrogen) atoms. The number of alkyl halides is 3. The van der Waals surface area contributed by atoms with Crippen LogP contribution in [0, 0.1) is 5.41 Å². The Morgan fingerprint density at radius 2 is 2.00 bits per heavy atom. The van der Waals surface area contributed by atoms with Gasteiger partial charge in [-0.05, 0) is 25.9 Å². The maximum atomic E-state index is 12.8. The molecule has 112 valence electrons. The van der Waals surface area contributed by atoms with Crippen molar-refractivity contribution in [1.29, 1.82) is 0 Å². The van der Waals surface area contributed by atoms with E-state index in [1.165, 1.54) is 4.90 Å². The van der Waals surface area contributed by atoms with Crippen LogP contribution in [0.4, 0.5) is 13.2 Å². The van der Waals surface area contributed by atoms with E-state index in [9.17, 15) is 26.4 Å². The van der Waals surface area contributed by atoms with Crippen LogP contribution in [-0.2, 0) is 14.6 Å². The molecule has 0 aromatic carbocycles. The van der Waals surface area contributed by atoms with E-state index in [1.807, 2.05) is 0 Å². The topological polar surface area (TPSA) is 74.7 Å². The van der Waals surface area contributed by atoms with Crippen molar-refractivity contribution in [2.75, 3.05) is 31.6 Å². The number of sulfone groups is 1. The molecule has 1 rings (SSSR count). The molecule has 1 fully saturated rings. The standard InChI is InChI=1S/C10H16F3NO4S/c1-19(17,18)6-2-4-14-5-3-9(7-14,8(15)16)10(11,12)13/h2-7H2,1H3,(H,15,16). The van der Waals surface area contributed by atoms with Crippen LogP contribution in [0.25, 0.3) is 0 Å². The lowest BCUT2D eigenvalue weighted by Crippen LogP contribution is -2.47. The van der Waals surface area contributed by atoms with Crippen molar-refractivity contribution in [2.24, 2.45) is 5.41 Å². The SMILES string of the molecule is CS(=O)(=O)CCCN1CCC(C(=O)O)(C(F)(F)F)C1. The molecule has 0 radical (unpaired) electrons. The van der Waals surface area contributed by atoms with Gasteiger partial charge < -0.3 is 10.0 Å². The highest BCUT2D eigenvalue weighted by molar-refractivity contribution is 7.90. The summed E-state index contributed by atoms with van der Waals surface area (Å²) in [5, 5.41) is 8.83. The van der Waals surface area contributed by atoms with Crippen LogP contribution < -0.4 is 0 Å². The Bertz CT molecular complexity index is 448. The van der Waals surface area contributed by atoms with Gasteiger partial charge in [0.05, 0.1) is 5.75 Å². The Hall–Kier alpha value is -0.830. The predicted molar refractivity (Wildman–Crippen MR) is 61.5 cm³/mol. The molecule has 1 unspecified atom stereocenters. The molecule has 0 spiro atoms. The van der Waals surface area contributed by atoms with Crippen molar-refractivity contribution in [3.05, 3.63) is 0 Å². The lowest BCUT2D eigenvalue weighted by molar-refractivity contribution is -0.227. The van der Waals surface area contributed by atoms with Crippen molar-refractivity contribution in [3.63, 3.8) is 0 Å². The van der Waals surface area contributed by atoms with Crippen molar-refractivity contribution in [3.8, 4) is 0 Å². The first kappa shape index (κ1) is 16.2. The number of hydrogen-bond acceptors (Lipinski definition) is 4. The monoisotopic (exact) mass is 303 g/mol. The fraction of sp³-hybridized carbons (Fsp3) is 0.900. The average molecular weight is 303 g/mol. The van der Waals surface area contributed by atoms with Crippen LogP contribution in [0.5, 0.6) is 0 Å². The Morgan fingerprint density at radius 3 is 2.37 bits per heavy atom. The zero-order valence-electron chi connectivity index (χ0n) is 10.4. The van der Waals surface area contributed by atoms with Gasteiger partial charge in [-0.3, -0.25) is 4.79 Å². The van der Waals surface area contributed by atoms with Gasteiger partial charge in [0, 0.05) is 12.8 Å². The lowest BCUT2D eigenvalue weighted by atomic mass is 9.86. The highest BCUT2D eigenvalue weighted by Crippen LogP contribution is 2.45. The summed E-state index contributed by atoms with van der Waals surface area (Å²) in [6, 6.07) is 0. The van der Waals surface area contributed by atoms with E-state index in [0.717, 1.165) is 6.26 Å². The van der Waals surface area contributed by atoms with E-state index in [1.54, 1.807) is 0 Å². The molecule has 0 aliphatic carbocycles.